The van der Waals surface area contributed by atoms with Crippen molar-refractivity contribution in [2.24, 2.45) is 0 Å². The molecule has 1 fully saturated rings. The molecule has 0 amide bonds. The number of rotatable bonds is 7. The van der Waals surface area contributed by atoms with Gasteiger partial charge in [-0.3, -0.25) is 14.5 Å². The van der Waals surface area contributed by atoms with Crippen molar-refractivity contribution in [1.82, 2.24) is 19.6 Å². The first-order valence-corrected chi connectivity index (χ1v) is 9.32. The topological polar surface area (TPSA) is 44.5 Å². The summed E-state index contributed by atoms with van der Waals surface area (Å²) in [5.74, 6) is 0. The number of thiophene rings is 1. The number of hydrogen-bond donors (Lipinski definition) is 1. The summed E-state index contributed by atoms with van der Waals surface area (Å²) in [6, 6.07) is 2.63. The van der Waals surface area contributed by atoms with Crippen LogP contribution in [0.1, 0.15) is 24.5 Å². The van der Waals surface area contributed by atoms with Gasteiger partial charge in [0.05, 0.1) is 6.20 Å². The maximum absolute atomic E-state index is 9.42. The molecule has 1 atom stereocenters. The van der Waals surface area contributed by atoms with E-state index in [-0.39, 0.29) is 6.61 Å². The maximum atomic E-state index is 9.42. The van der Waals surface area contributed by atoms with Crippen LogP contribution in [0.2, 0.25) is 0 Å². The van der Waals surface area contributed by atoms with Gasteiger partial charge < -0.3 is 5.11 Å². The van der Waals surface area contributed by atoms with Gasteiger partial charge in [0.1, 0.15) is 0 Å². The molecule has 1 aliphatic rings. The molecule has 0 unspecified atom stereocenters. The number of hydrogen-bond acceptors (Lipinski definition) is 5. The molecule has 2 aromatic rings. The Hall–Kier alpha value is -1.21. The summed E-state index contributed by atoms with van der Waals surface area (Å²) in [5.41, 5.74) is 2.66. The molecule has 126 valence electrons. The smallest absolute Gasteiger partial charge is 0.0534 e. The van der Waals surface area contributed by atoms with Crippen LogP contribution in [0.5, 0.6) is 0 Å². The van der Waals surface area contributed by atoms with Crippen LogP contribution in [0.4, 0.5) is 0 Å². The average Bonchev–Trinajstić information content (AvgIpc) is 3.21. The van der Waals surface area contributed by atoms with Gasteiger partial charge in [0, 0.05) is 63.7 Å². The predicted octanol–water partition coefficient (Wildman–Crippen LogP) is 2.03. The monoisotopic (exact) mass is 334 g/mol. The first kappa shape index (κ1) is 16.6. The van der Waals surface area contributed by atoms with E-state index in [4.69, 9.17) is 0 Å². The van der Waals surface area contributed by atoms with Gasteiger partial charge in [-0.05, 0) is 35.7 Å². The Balaban J connectivity index is 1.59. The van der Waals surface area contributed by atoms with Gasteiger partial charge in [-0.2, -0.15) is 16.4 Å². The van der Waals surface area contributed by atoms with E-state index >= 15 is 0 Å². The van der Waals surface area contributed by atoms with E-state index < -0.39 is 0 Å². The molecule has 5 nitrogen and oxygen atoms in total. The van der Waals surface area contributed by atoms with Crippen molar-refractivity contribution < 1.29 is 5.11 Å². The summed E-state index contributed by atoms with van der Waals surface area (Å²) in [6.07, 6.45) is 4.95. The number of aliphatic hydroxyl groups excluding tert-OH is 1. The van der Waals surface area contributed by atoms with Gasteiger partial charge in [0.25, 0.3) is 0 Å². The fourth-order valence-electron chi connectivity index (χ4n) is 3.27. The molecule has 3 rings (SSSR count). The van der Waals surface area contributed by atoms with Gasteiger partial charge in [-0.1, -0.05) is 0 Å². The summed E-state index contributed by atoms with van der Waals surface area (Å²) in [7, 11) is 0. The van der Waals surface area contributed by atoms with Crippen molar-refractivity contribution in [3.63, 3.8) is 0 Å². The van der Waals surface area contributed by atoms with E-state index in [0.717, 1.165) is 45.7 Å². The van der Waals surface area contributed by atoms with Crippen LogP contribution in [-0.2, 0) is 19.6 Å². The molecule has 0 bridgehead atoms. The number of nitrogens with zero attached hydrogens (tertiary/aromatic N) is 4. The second-order valence-corrected chi connectivity index (χ2v) is 6.99. The van der Waals surface area contributed by atoms with Crippen LogP contribution in [0.25, 0.3) is 0 Å². The molecule has 23 heavy (non-hydrogen) atoms. The van der Waals surface area contributed by atoms with Crippen LogP contribution < -0.4 is 0 Å². The van der Waals surface area contributed by atoms with Crippen molar-refractivity contribution in [2.45, 2.75) is 39.0 Å². The van der Waals surface area contributed by atoms with Crippen LogP contribution in [0.3, 0.4) is 0 Å². The van der Waals surface area contributed by atoms with E-state index in [1.807, 2.05) is 10.9 Å². The zero-order valence-electron chi connectivity index (χ0n) is 13.8. The summed E-state index contributed by atoms with van der Waals surface area (Å²) in [4.78, 5) is 5.01. The van der Waals surface area contributed by atoms with E-state index in [2.05, 4.69) is 44.8 Å². The van der Waals surface area contributed by atoms with Crippen LogP contribution >= 0.6 is 11.3 Å². The standard InChI is InChI=1S/C17H26N4OS/c1-2-21-12-16(9-18-21)10-19-5-6-20(17(13-19)3-7-22)11-15-4-8-23-14-15/h4,8-9,12,14,17,22H,2-3,5-7,10-11,13H2,1H3/t17-/m0/s1. The molecule has 1 aliphatic heterocycles. The molecular formula is C17H26N4OS. The van der Waals surface area contributed by atoms with E-state index in [9.17, 15) is 5.11 Å². The highest BCUT2D eigenvalue weighted by Gasteiger charge is 2.26. The molecule has 0 saturated carbocycles. The fraction of sp³-hybridized carbons (Fsp3) is 0.588. The lowest BCUT2D eigenvalue weighted by Gasteiger charge is -2.41. The molecule has 1 N–H and O–H groups in total. The minimum atomic E-state index is 0.256. The Bertz CT molecular complexity index is 583. The minimum Gasteiger partial charge on any atom is -0.396 e. The SMILES string of the molecule is CCn1cc(CN2CCN(Cc3ccsc3)[C@@H](CCO)C2)cn1. The first-order chi connectivity index (χ1) is 11.3. The third-order valence-corrected chi connectivity index (χ3v) is 5.27. The largest absolute Gasteiger partial charge is 0.396 e. The molecular weight excluding hydrogens is 308 g/mol. The van der Waals surface area contributed by atoms with Gasteiger partial charge in [-0.15, -0.1) is 0 Å². The molecule has 0 radical (unpaired) electrons. The van der Waals surface area contributed by atoms with Gasteiger partial charge in [-0.25, -0.2) is 0 Å². The summed E-state index contributed by atoms with van der Waals surface area (Å²) < 4.78 is 1.98. The fourth-order valence-corrected chi connectivity index (χ4v) is 3.93. The van der Waals surface area contributed by atoms with Crippen molar-refractivity contribution in [2.75, 3.05) is 26.2 Å². The van der Waals surface area contributed by atoms with Crippen molar-refractivity contribution in [1.29, 1.82) is 0 Å². The Morgan fingerprint density at radius 3 is 2.91 bits per heavy atom. The number of aliphatic hydroxyl groups is 1. The Kier molecular flexibility index (Phi) is 5.83. The predicted molar refractivity (Wildman–Crippen MR) is 93.4 cm³/mol. The molecule has 1 saturated heterocycles. The molecule has 3 heterocycles. The highest BCUT2D eigenvalue weighted by molar-refractivity contribution is 7.07. The minimum absolute atomic E-state index is 0.256. The Morgan fingerprint density at radius 1 is 1.30 bits per heavy atom. The Morgan fingerprint density at radius 2 is 2.22 bits per heavy atom. The second kappa shape index (κ2) is 8.06. The molecule has 0 spiro atoms. The number of aryl methyl sites for hydroxylation is 1. The zero-order chi connectivity index (χ0) is 16.1. The lowest BCUT2D eigenvalue weighted by atomic mass is 10.1. The van der Waals surface area contributed by atoms with Gasteiger partial charge >= 0.3 is 0 Å². The maximum Gasteiger partial charge on any atom is 0.0534 e. The quantitative estimate of drug-likeness (QED) is 0.841. The third kappa shape index (κ3) is 4.41. The number of aromatic nitrogens is 2. The lowest BCUT2D eigenvalue weighted by Crippen LogP contribution is -2.52. The van der Waals surface area contributed by atoms with Crippen LogP contribution in [0.15, 0.2) is 29.2 Å². The second-order valence-electron chi connectivity index (χ2n) is 6.21. The van der Waals surface area contributed by atoms with Gasteiger partial charge in [0.2, 0.25) is 0 Å². The van der Waals surface area contributed by atoms with Crippen molar-refractivity contribution in [3.05, 3.63) is 40.3 Å². The van der Waals surface area contributed by atoms with Crippen molar-refractivity contribution in [3.8, 4) is 0 Å². The first-order valence-electron chi connectivity index (χ1n) is 8.38. The zero-order valence-corrected chi connectivity index (χ0v) is 14.6. The molecule has 0 aliphatic carbocycles. The highest BCUT2D eigenvalue weighted by Crippen LogP contribution is 2.19. The normalized spacial score (nSPS) is 20.2. The van der Waals surface area contributed by atoms with Crippen LogP contribution in [-0.4, -0.2) is 57.0 Å². The average molecular weight is 334 g/mol. The Labute approximate surface area is 142 Å². The summed E-state index contributed by atoms with van der Waals surface area (Å²) in [5, 5.41) is 18.1. The van der Waals surface area contributed by atoms with Gasteiger partial charge in [0.15, 0.2) is 0 Å². The van der Waals surface area contributed by atoms with E-state index in [1.54, 1.807) is 11.3 Å². The lowest BCUT2D eigenvalue weighted by molar-refractivity contribution is 0.0500. The highest BCUT2D eigenvalue weighted by atomic mass is 32.1. The van der Waals surface area contributed by atoms with E-state index in [0.29, 0.717) is 6.04 Å². The van der Waals surface area contributed by atoms with Crippen LogP contribution in [0, 0.1) is 0 Å². The summed E-state index contributed by atoms with van der Waals surface area (Å²) in [6.45, 7) is 8.38. The van der Waals surface area contributed by atoms with Crippen molar-refractivity contribution >= 4 is 11.3 Å². The third-order valence-electron chi connectivity index (χ3n) is 4.53. The van der Waals surface area contributed by atoms with E-state index in [1.165, 1.54) is 11.1 Å². The summed E-state index contributed by atoms with van der Waals surface area (Å²) >= 11 is 1.75. The molecule has 6 heteroatoms. The number of piperazine rings is 1. The molecule has 2 aromatic heterocycles. The molecule has 0 aromatic carbocycles.